The van der Waals surface area contributed by atoms with Gasteiger partial charge in [-0.2, -0.15) is 11.8 Å². The molecular weight excluding hydrogens is 279 g/mol. The Labute approximate surface area is 101 Å². The molecule has 0 N–H and O–H groups in total. The summed E-state index contributed by atoms with van der Waals surface area (Å²) in [5, 5.41) is 0. The van der Waals surface area contributed by atoms with Gasteiger partial charge < -0.3 is 0 Å². The monoisotopic (exact) mass is 288 g/mol. The Morgan fingerprint density at radius 1 is 1.47 bits per heavy atom. The van der Waals surface area contributed by atoms with E-state index in [9.17, 15) is 9.18 Å². The highest BCUT2D eigenvalue weighted by Crippen LogP contribution is 2.25. The number of hydrogen-bond donors (Lipinski definition) is 0. The van der Waals surface area contributed by atoms with E-state index in [0.717, 1.165) is 15.8 Å². The molecule has 0 saturated carbocycles. The molecule has 0 aliphatic carbocycles. The molecular formula is C11H10BrFOS. The summed E-state index contributed by atoms with van der Waals surface area (Å²) < 4.78 is 13.8. The fourth-order valence-electron chi connectivity index (χ4n) is 1.70. The first-order chi connectivity index (χ1) is 7.15. The summed E-state index contributed by atoms with van der Waals surface area (Å²) in [6, 6.07) is 4.80. The molecule has 0 aromatic heterocycles. The lowest BCUT2D eigenvalue weighted by Gasteiger charge is -2.07. The third-order valence-electron chi connectivity index (χ3n) is 2.42. The molecule has 0 spiro atoms. The number of hydrogen-bond acceptors (Lipinski definition) is 2. The first-order valence-electron chi connectivity index (χ1n) is 4.70. The second-order valence-corrected chi connectivity index (χ2v) is 5.61. The molecule has 1 atom stereocenters. The quantitative estimate of drug-likeness (QED) is 0.832. The molecule has 1 aromatic carbocycles. The molecule has 80 valence electrons. The van der Waals surface area contributed by atoms with Gasteiger partial charge in [-0.25, -0.2) is 4.39 Å². The van der Waals surface area contributed by atoms with Crippen LogP contribution >= 0.6 is 27.7 Å². The Morgan fingerprint density at radius 2 is 2.27 bits per heavy atom. The van der Waals surface area contributed by atoms with Crippen molar-refractivity contribution in [3.63, 3.8) is 0 Å². The molecule has 0 radical (unpaired) electrons. The maximum absolute atomic E-state index is 13.1. The Morgan fingerprint density at radius 3 is 2.87 bits per heavy atom. The number of rotatable bonds is 2. The lowest BCUT2D eigenvalue weighted by molar-refractivity contribution is -0.119. The molecule has 1 aliphatic rings. The van der Waals surface area contributed by atoms with Gasteiger partial charge in [0.25, 0.3) is 0 Å². The van der Waals surface area contributed by atoms with Gasteiger partial charge in [-0.05, 0) is 30.2 Å². The van der Waals surface area contributed by atoms with Crippen molar-refractivity contribution in [1.29, 1.82) is 0 Å². The molecule has 0 amide bonds. The van der Waals surface area contributed by atoms with E-state index in [0.29, 0.717) is 18.0 Å². The predicted molar refractivity (Wildman–Crippen MR) is 63.6 cm³/mol. The molecule has 1 saturated heterocycles. The van der Waals surface area contributed by atoms with Gasteiger partial charge in [0.05, 0.1) is 5.75 Å². The van der Waals surface area contributed by atoms with Gasteiger partial charge in [-0.1, -0.05) is 15.9 Å². The van der Waals surface area contributed by atoms with Crippen LogP contribution in [0.5, 0.6) is 0 Å². The fraction of sp³-hybridized carbons (Fsp3) is 0.364. The van der Waals surface area contributed by atoms with E-state index in [1.807, 2.05) is 6.07 Å². The van der Waals surface area contributed by atoms with Gasteiger partial charge in [0.1, 0.15) is 11.6 Å². The maximum atomic E-state index is 13.1. The predicted octanol–water partition coefficient (Wildman–Crippen LogP) is 3.06. The maximum Gasteiger partial charge on any atom is 0.146 e. The van der Waals surface area contributed by atoms with Crippen LogP contribution in [0.1, 0.15) is 5.56 Å². The summed E-state index contributed by atoms with van der Waals surface area (Å²) in [6.45, 7) is 0. The highest BCUT2D eigenvalue weighted by atomic mass is 79.9. The molecule has 15 heavy (non-hydrogen) atoms. The highest BCUT2D eigenvalue weighted by molar-refractivity contribution is 9.10. The summed E-state index contributed by atoms with van der Waals surface area (Å²) in [7, 11) is 0. The minimum atomic E-state index is -0.252. The molecule has 1 aliphatic heterocycles. The van der Waals surface area contributed by atoms with Crippen LogP contribution in [-0.4, -0.2) is 17.3 Å². The Bertz CT molecular complexity index is 374. The summed E-state index contributed by atoms with van der Waals surface area (Å²) in [6.07, 6.45) is 0.655. The van der Waals surface area contributed by atoms with Crippen molar-refractivity contribution >= 4 is 33.5 Å². The first kappa shape index (κ1) is 11.1. The molecule has 0 bridgehead atoms. The van der Waals surface area contributed by atoms with Crippen LogP contribution in [0.4, 0.5) is 4.39 Å². The second-order valence-electron chi connectivity index (χ2n) is 3.66. The SMILES string of the molecule is O=C1CSCC1Cc1cc(F)cc(Br)c1. The lowest BCUT2D eigenvalue weighted by atomic mass is 9.98. The van der Waals surface area contributed by atoms with Crippen molar-refractivity contribution < 1.29 is 9.18 Å². The molecule has 1 heterocycles. The Balaban J connectivity index is 2.13. The van der Waals surface area contributed by atoms with Gasteiger partial charge in [0, 0.05) is 16.1 Å². The molecule has 1 unspecified atom stereocenters. The zero-order valence-electron chi connectivity index (χ0n) is 8.00. The van der Waals surface area contributed by atoms with Gasteiger partial charge >= 0.3 is 0 Å². The highest BCUT2D eigenvalue weighted by Gasteiger charge is 2.25. The molecule has 4 heteroatoms. The minimum absolute atomic E-state index is 0.0729. The van der Waals surface area contributed by atoms with Gasteiger partial charge in [0.2, 0.25) is 0 Å². The first-order valence-corrected chi connectivity index (χ1v) is 6.65. The second kappa shape index (κ2) is 4.66. The van der Waals surface area contributed by atoms with Crippen LogP contribution in [-0.2, 0) is 11.2 Å². The molecule has 1 nitrogen and oxygen atoms in total. The van der Waals surface area contributed by atoms with Crippen LogP contribution in [0.25, 0.3) is 0 Å². The van der Waals surface area contributed by atoms with Crippen molar-refractivity contribution in [3.05, 3.63) is 34.1 Å². The summed E-state index contributed by atoms with van der Waals surface area (Å²) in [5.74, 6) is 1.59. The zero-order chi connectivity index (χ0) is 10.8. The largest absolute Gasteiger partial charge is 0.298 e. The number of ketones is 1. The van der Waals surface area contributed by atoms with Crippen molar-refractivity contribution in [3.8, 4) is 0 Å². The van der Waals surface area contributed by atoms with Crippen molar-refractivity contribution in [2.75, 3.05) is 11.5 Å². The molecule has 1 fully saturated rings. The van der Waals surface area contributed by atoms with Gasteiger partial charge in [0.15, 0.2) is 0 Å². The van der Waals surface area contributed by atoms with Crippen molar-refractivity contribution in [2.24, 2.45) is 5.92 Å². The third kappa shape index (κ3) is 2.82. The van der Waals surface area contributed by atoms with E-state index in [1.54, 1.807) is 11.8 Å². The topological polar surface area (TPSA) is 17.1 Å². The van der Waals surface area contributed by atoms with E-state index >= 15 is 0 Å². The number of carbonyl (C=O) groups is 1. The lowest BCUT2D eigenvalue weighted by Crippen LogP contribution is -2.14. The minimum Gasteiger partial charge on any atom is -0.298 e. The number of benzene rings is 1. The van der Waals surface area contributed by atoms with E-state index in [4.69, 9.17) is 0 Å². The standard InChI is InChI=1S/C11H10BrFOS/c12-9-2-7(3-10(13)4-9)1-8-5-15-6-11(8)14/h2-4,8H,1,5-6H2. The van der Waals surface area contributed by atoms with E-state index in [1.165, 1.54) is 12.1 Å². The number of thioether (sulfide) groups is 1. The van der Waals surface area contributed by atoms with E-state index < -0.39 is 0 Å². The van der Waals surface area contributed by atoms with Crippen LogP contribution in [0.2, 0.25) is 0 Å². The Kier molecular flexibility index (Phi) is 3.46. The van der Waals surface area contributed by atoms with Gasteiger partial charge in [-0.15, -0.1) is 0 Å². The smallest absolute Gasteiger partial charge is 0.146 e. The van der Waals surface area contributed by atoms with Gasteiger partial charge in [-0.3, -0.25) is 4.79 Å². The zero-order valence-corrected chi connectivity index (χ0v) is 10.4. The number of halogens is 2. The van der Waals surface area contributed by atoms with Crippen LogP contribution in [0, 0.1) is 11.7 Å². The summed E-state index contributed by atoms with van der Waals surface area (Å²) in [5.41, 5.74) is 0.891. The van der Waals surface area contributed by atoms with Crippen LogP contribution in [0.15, 0.2) is 22.7 Å². The normalized spacial score (nSPS) is 20.9. The number of carbonyl (C=O) groups excluding carboxylic acids is 1. The van der Waals surface area contributed by atoms with Crippen LogP contribution < -0.4 is 0 Å². The van der Waals surface area contributed by atoms with E-state index in [-0.39, 0.29) is 11.7 Å². The summed E-state index contributed by atoms with van der Waals surface area (Å²) in [4.78, 5) is 11.4. The summed E-state index contributed by atoms with van der Waals surface area (Å²) >= 11 is 4.91. The third-order valence-corrected chi connectivity index (χ3v) is 4.01. The van der Waals surface area contributed by atoms with E-state index in [2.05, 4.69) is 15.9 Å². The molecule has 1 aromatic rings. The van der Waals surface area contributed by atoms with Crippen molar-refractivity contribution in [2.45, 2.75) is 6.42 Å². The average Bonchev–Trinajstić information content (AvgIpc) is 2.50. The van der Waals surface area contributed by atoms with Crippen LogP contribution in [0.3, 0.4) is 0 Å². The fourth-order valence-corrected chi connectivity index (χ4v) is 3.35. The molecule has 2 rings (SSSR count). The van der Waals surface area contributed by atoms with Crippen molar-refractivity contribution in [1.82, 2.24) is 0 Å². The number of Topliss-reactive ketones (excluding diaryl/α,β-unsaturated/α-hetero) is 1. The Hall–Kier alpha value is -0.350. The average molecular weight is 289 g/mol.